The van der Waals surface area contributed by atoms with Crippen molar-refractivity contribution in [3.05, 3.63) is 30.2 Å². The van der Waals surface area contributed by atoms with Gasteiger partial charge in [0.25, 0.3) is 5.91 Å². The molecule has 0 aromatic carbocycles. The van der Waals surface area contributed by atoms with Crippen molar-refractivity contribution in [2.75, 3.05) is 52.6 Å². The summed E-state index contributed by atoms with van der Waals surface area (Å²) in [7, 11) is 0. The summed E-state index contributed by atoms with van der Waals surface area (Å²) < 4.78 is 16.3. The van der Waals surface area contributed by atoms with Gasteiger partial charge in [0.1, 0.15) is 5.69 Å². The molecule has 2 aromatic rings. The van der Waals surface area contributed by atoms with Crippen molar-refractivity contribution in [3.63, 3.8) is 0 Å². The number of ether oxygens (including phenoxy) is 2. The van der Waals surface area contributed by atoms with E-state index in [1.165, 1.54) is 0 Å². The number of rotatable bonds is 6. The summed E-state index contributed by atoms with van der Waals surface area (Å²) in [5.74, 6) is 0.636. The minimum atomic E-state index is -0.0378. The van der Waals surface area contributed by atoms with Crippen LogP contribution in [0.3, 0.4) is 0 Å². The number of aromatic amines is 1. The van der Waals surface area contributed by atoms with Crippen LogP contribution in [0.5, 0.6) is 0 Å². The third-order valence-corrected chi connectivity index (χ3v) is 5.24. The van der Waals surface area contributed by atoms with Crippen LogP contribution >= 0.6 is 0 Å². The van der Waals surface area contributed by atoms with Gasteiger partial charge in [0.15, 0.2) is 11.5 Å². The van der Waals surface area contributed by atoms with E-state index in [9.17, 15) is 4.79 Å². The largest absolute Gasteiger partial charge is 0.463 e. The summed E-state index contributed by atoms with van der Waals surface area (Å²) in [4.78, 5) is 17.5. The van der Waals surface area contributed by atoms with Gasteiger partial charge in [-0.1, -0.05) is 0 Å². The number of amides is 1. The molecule has 8 heteroatoms. The summed E-state index contributed by atoms with van der Waals surface area (Å²) in [5, 5.41) is 7.15. The van der Waals surface area contributed by atoms with Crippen molar-refractivity contribution in [2.24, 2.45) is 0 Å². The third-order valence-electron chi connectivity index (χ3n) is 5.24. The maximum absolute atomic E-state index is 13.2. The van der Waals surface area contributed by atoms with Gasteiger partial charge in [-0.15, -0.1) is 0 Å². The topological polar surface area (TPSA) is 83.8 Å². The zero-order valence-corrected chi connectivity index (χ0v) is 15.4. The zero-order chi connectivity index (χ0) is 18.5. The van der Waals surface area contributed by atoms with Crippen molar-refractivity contribution in [1.29, 1.82) is 0 Å². The highest BCUT2D eigenvalue weighted by atomic mass is 16.5. The Labute approximate surface area is 158 Å². The van der Waals surface area contributed by atoms with Gasteiger partial charge in [-0.2, -0.15) is 5.10 Å². The standard InChI is InChI=1S/C19H26N4O4/c24-19(17-14-16(20-21-17)18-2-1-9-27-18)23(15-3-10-25-11-4-15)6-5-22-7-12-26-13-8-22/h1-2,9,14-15H,3-8,10-13H2,(H,20,21). The zero-order valence-electron chi connectivity index (χ0n) is 15.4. The van der Waals surface area contributed by atoms with Crippen molar-refractivity contribution >= 4 is 5.91 Å². The molecule has 0 bridgehead atoms. The highest BCUT2D eigenvalue weighted by molar-refractivity contribution is 5.93. The summed E-state index contributed by atoms with van der Waals surface area (Å²) in [6.45, 7) is 6.29. The number of H-pyrrole nitrogens is 1. The third kappa shape index (κ3) is 4.40. The molecule has 4 rings (SSSR count). The lowest BCUT2D eigenvalue weighted by Crippen LogP contribution is -2.48. The predicted octanol–water partition coefficient (Wildman–Crippen LogP) is 1.62. The molecule has 0 unspecified atom stereocenters. The number of nitrogens with zero attached hydrogens (tertiary/aromatic N) is 3. The Kier molecular flexibility index (Phi) is 5.86. The summed E-state index contributed by atoms with van der Waals surface area (Å²) in [6, 6.07) is 5.61. The first kappa shape index (κ1) is 18.2. The quantitative estimate of drug-likeness (QED) is 0.827. The van der Waals surface area contributed by atoms with E-state index in [-0.39, 0.29) is 11.9 Å². The molecule has 2 aromatic heterocycles. The van der Waals surface area contributed by atoms with Crippen LogP contribution in [0.25, 0.3) is 11.5 Å². The Morgan fingerprint density at radius 1 is 1.22 bits per heavy atom. The van der Waals surface area contributed by atoms with E-state index < -0.39 is 0 Å². The van der Waals surface area contributed by atoms with E-state index in [0.29, 0.717) is 36.9 Å². The van der Waals surface area contributed by atoms with E-state index >= 15 is 0 Å². The monoisotopic (exact) mass is 374 g/mol. The van der Waals surface area contributed by atoms with Crippen molar-refractivity contribution in [1.82, 2.24) is 20.0 Å². The van der Waals surface area contributed by atoms with Crippen LogP contribution in [0.2, 0.25) is 0 Å². The molecule has 0 atom stereocenters. The summed E-state index contributed by atoms with van der Waals surface area (Å²) in [6.07, 6.45) is 3.34. The molecule has 2 aliphatic rings. The van der Waals surface area contributed by atoms with Crippen molar-refractivity contribution < 1.29 is 18.7 Å². The van der Waals surface area contributed by atoms with E-state index in [2.05, 4.69) is 15.1 Å². The average Bonchev–Trinajstić information content (AvgIpc) is 3.41. The van der Waals surface area contributed by atoms with Gasteiger partial charge in [0, 0.05) is 51.5 Å². The second-order valence-corrected chi connectivity index (χ2v) is 6.94. The fraction of sp³-hybridized carbons (Fsp3) is 0.579. The van der Waals surface area contributed by atoms with Crippen LogP contribution in [-0.2, 0) is 9.47 Å². The fourth-order valence-electron chi connectivity index (χ4n) is 3.66. The second-order valence-electron chi connectivity index (χ2n) is 6.94. The predicted molar refractivity (Wildman–Crippen MR) is 98.4 cm³/mol. The Morgan fingerprint density at radius 2 is 2.00 bits per heavy atom. The molecule has 27 heavy (non-hydrogen) atoms. The number of morpholine rings is 1. The number of aromatic nitrogens is 2. The Bertz CT molecular complexity index is 718. The number of hydrogen-bond donors (Lipinski definition) is 1. The molecule has 0 aliphatic carbocycles. The molecule has 0 spiro atoms. The van der Waals surface area contributed by atoms with E-state index in [1.807, 2.05) is 17.0 Å². The minimum absolute atomic E-state index is 0.0378. The Morgan fingerprint density at radius 3 is 2.74 bits per heavy atom. The molecular formula is C19H26N4O4. The number of carbonyl (C=O) groups excluding carboxylic acids is 1. The number of furan rings is 1. The molecular weight excluding hydrogens is 348 g/mol. The molecule has 2 aliphatic heterocycles. The minimum Gasteiger partial charge on any atom is -0.463 e. The lowest BCUT2D eigenvalue weighted by Gasteiger charge is -2.36. The smallest absolute Gasteiger partial charge is 0.274 e. The summed E-state index contributed by atoms with van der Waals surface area (Å²) >= 11 is 0. The fourth-order valence-corrected chi connectivity index (χ4v) is 3.66. The molecule has 1 amide bonds. The molecule has 0 saturated carbocycles. The van der Waals surface area contributed by atoms with E-state index in [1.54, 1.807) is 12.3 Å². The highest BCUT2D eigenvalue weighted by Crippen LogP contribution is 2.21. The normalized spacial score (nSPS) is 19.3. The van der Waals surface area contributed by atoms with Crippen molar-refractivity contribution in [2.45, 2.75) is 18.9 Å². The van der Waals surface area contributed by atoms with Crippen molar-refractivity contribution in [3.8, 4) is 11.5 Å². The molecule has 0 radical (unpaired) electrons. The summed E-state index contributed by atoms with van der Waals surface area (Å²) in [5.41, 5.74) is 1.14. The van der Waals surface area contributed by atoms with Gasteiger partial charge in [0.2, 0.25) is 0 Å². The molecule has 1 N–H and O–H groups in total. The first-order chi connectivity index (χ1) is 13.3. The lowest BCUT2D eigenvalue weighted by molar-refractivity contribution is 0.0139. The average molecular weight is 374 g/mol. The first-order valence-electron chi connectivity index (χ1n) is 9.59. The Hall–Kier alpha value is -2.16. The van der Waals surface area contributed by atoms with Gasteiger partial charge in [-0.05, 0) is 25.0 Å². The molecule has 2 saturated heterocycles. The first-order valence-corrected chi connectivity index (χ1v) is 9.59. The van der Waals surface area contributed by atoms with Crippen LogP contribution < -0.4 is 0 Å². The van der Waals surface area contributed by atoms with Gasteiger partial charge in [0.05, 0.1) is 19.5 Å². The maximum atomic E-state index is 13.2. The van der Waals surface area contributed by atoms with E-state index in [0.717, 1.165) is 45.7 Å². The molecule has 8 nitrogen and oxygen atoms in total. The highest BCUT2D eigenvalue weighted by Gasteiger charge is 2.29. The molecule has 146 valence electrons. The van der Waals surface area contributed by atoms with Gasteiger partial charge in [-0.3, -0.25) is 14.8 Å². The van der Waals surface area contributed by atoms with Crippen LogP contribution in [0.1, 0.15) is 23.3 Å². The van der Waals surface area contributed by atoms with Gasteiger partial charge in [-0.25, -0.2) is 0 Å². The van der Waals surface area contributed by atoms with Gasteiger partial charge >= 0.3 is 0 Å². The van der Waals surface area contributed by atoms with E-state index in [4.69, 9.17) is 13.9 Å². The van der Waals surface area contributed by atoms with Crippen LogP contribution in [0.15, 0.2) is 28.9 Å². The Balaban J connectivity index is 1.47. The van der Waals surface area contributed by atoms with Crippen LogP contribution in [0.4, 0.5) is 0 Å². The molecule has 4 heterocycles. The number of nitrogens with one attached hydrogen (secondary N) is 1. The number of hydrogen-bond acceptors (Lipinski definition) is 6. The van der Waals surface area contributed by atoms with Crippen LogP contribution in [-0.4, -0.2) is 84.6 Å². The molecule has 2 fully saturated rings. The lowest BCUT2D eigenvalue weighted by atomic mass is 10.1. The SMILES string of the molecule is O=C(c1cc(-c2ccco2)[nH]n1)N(CCN1CCOCC1)C1CCOCC1. The maximum Gasteiger partial charge on any atom is 0.274 e. The second kappa shape index (κ2) is 8.69. The number of carbonyl (C=O) groups is 1. The van der Waals surface area contributed by atoms with Gasteiger partial charge < -0.3 is 18.8 Å². The van der Waals surface area contributed by atoms with Crippen LogP contribution in [0, 0.1) is 0 Å².